The molecule has 17 heavy (non-hydrogen) atoms. The molecule has 3 nitrogen and oxygen atoms in total. The van der Waals surface area contributed by atoms with Crippen molar-refractivity contribution in [2.45, 2.75) is 0 Å². The van der Waals surface area contributed by atoms with Gasteiger partial charge in [-0.1, -0.05) is 0 Å². The zero-order valence-corrected chi connectivity index (χ0v) is 9.46. The van der Waals surface area contributed by atoms with Crippen LogP contribution in [-0.4, -0.2) is 66.1 Å². The fourth-order valence-electron chi connectivity index (χ4n) is 1.55. The molecule has 2 rings (SSSR count). The normalized spacial score (nSPS) is 13.2. The Labute approximate surface area is 143 Å². The molecule has 0 aliphatic heterocycles. The van der Waals surface area contributed by atoms with Gasteiger partial charge in [-0.25, -0.2) is 0 Å². The first-order valence-electron chi connectivity index (χ1n) is 4.87. The molecular weight excluding hydrogens is 262 g/mol. The molecule has 0 atom stereocenters. The molecule has 0 saturated carbocycles. The van der Waals surface area contributed by atoms with Gasteiger partial charge >= 0.3 is 145 Å². The summed E-state index contributed by atoms with van der Waals surface area (Å²) in [6.07, 6.45) is 0. The molecule has 3 N–H and O–H groups in total. The fraction of sp³-hybridized carbons (Fsp3) is 0. The first-order chi connectivity index (χ1) is 7.49. The number of benzene rings is 2. The molecule has 5 heteroatoms. The molecule has 0 heterocycles. The Bertz CT molecular complexity index is 436. The van der Waals surface area contributed by atoms with Crippen LogP contribution in [-0.2, 0) is 0 Å². The summed E-state index contributed by atoms with van der Waals surface area (Å²) in [6, 6.07) is 16.1. The fourth-order valence-corrected chi connectivity index (χ4v) is 3.29. The van der Waals surface area contributed by atoms with Crippen molar-refractivity contribution in [2.24, 2.45) is 0 Å². The third kappa shape index (κ3) is 3.23. The van der Waals surface area contributed by atoms with Gasteiger partial charge in [0.2, 0.25) is 0 Å². The molecule has 86 valence electrons. The molecular formula is C12H14KO3P. The van der Waals surface area contributed by atoms with Gasteiger partial charge in [-0.05, 0) is 0 Å². The molecule has 0 fully saturated rings. The molecule has 0 aromatic heterocycles. The van der Waals surface area contributed by atoms with Crippen LogP contribution >= 0.6 is 7.28 Å². The first-order valence-corrected chi connectivity index (χ1v) is 6.96. The van der Waals surface area contributed by atoms with Crippen molar-refractivity contribution in [3.05, 3.63) is 60.7 Å². The maximum absolute atomic E-state index is 10.2. The van der Waals surface area contributed by atoms with Crippen molar-refractivity contribution in [1.29, 1.82) is 0 Å². The summed E-state index contributed by atoms with van der Waals surface area (Å²) in [5, 5.41) is 0.277. The number of hydrogen-bond acceptors (Lipinski definition) is 3. The molecule has 0 radical (unpaired) electrons. The summed E-state index contributed by atoms with van der Waals surface area (Å²) in [4.78, 5) is 30.5. The minimum absolute atomic E-state index is 0. The average molecular weight is 276 g/mol. The van der Waals surface area contributed by atoms with Gasteiger partial charge in [-0.15, -0.1) is 0 Å². The van der Waals surface area contributed by atoms with E-state index < -0.39 is 7.28 Å². The van der Waals surface area contributed by atoms with Gasteiger partial charge in [-0.2, -0.15) is 0 Å². The minimum atomic E-state index is -4.93. The Morgan fingerprint density at radius 1 is 0.588 bits per heavy atom. The van der Waals surface area contributed by atoms with Crippen molar-refractivity contribution in [2.75, 3.05) is 0 Å². The van der Waals surface area contributed by atoms with Crippen LogP contribution in [0.1, 0.15) is 0 Å². The second-order valence-corrected chi connectivity index (χ2v) is 6.64. The Balaban J connectivity index is 0.00000144. The summed E-state index contributed by atoms with van der Waals surface area (Å²) >= 11 is 0. The predicted octanol–water partition coefficient (Wildman–Crippen LogP) is 0.264. The van der Waals surface area contributed by atoms with Gasteiger partial charge in [-0.3, -0.25) is 0 Å². The van der Waals surface area contributed by atoms with Crippen molar-refractivity contribution < 1.29 is 14.7 Å². The summed E-state index contributed by atoms with van der Waals surface area (Å²) < 4.78 is 0. The Hall–Kier alpha value is 0.386. The summed E-state index contributed by atoms with van der Waals surface area (Å²) in [6.45, 7) is 0. The van der Waals surface area contributed by atoms with Crippen LogP contribution in [0.5, 0.6) is 0 Å². The third-order valence-electron chi connectivity index (χ3n) is 2.46. The third-order valence-corrected chi connectivity index (χ3v) is 4.96. The summed E-state index contributed by atoms with van der Waals surface area (Å²) in [5.74, 6) is 0. The van der Waals surface area contributed by atoms with Gasteiger partial charge in [0.05, 0.1) is 0 Å². The van der Waals surface area contributed by atoms with Crippen LogP contribution in [0.3, 0.4) is 0 Å². The van der Waals surface area contributed by atoms with E-state index in [4.69, 9.17) is 0 Å². The molecule has 0 saturated heterocycles. The zero-order chi connectivity index (χ0) is 11.7. The Kier molecular flexibility index (Phi) is 5.06. The van der Waals surface area contributed by atoms with Gasteiger partial charge in [0.15, 0.2) is 0 Å². The van der Waals surface area contributed by atoms with Crippen molar-refractivity contribution in [3.8, 4) is 0 Å². The molecule has 0 amide bonds. The molecule has 0 bridgehead atoms. The van der Waals surface area contributed by atoms with E-state index in [0.29, 0.717) is 0 Å². The SMILES string of the molecule is OP(O)(O)(c1ccccc1)c1ccccc1.[KH]. The van der Waals surface area contributed by atoms with E-state index >= 15 is 0 Å². The van der Waals surface area contributed by atoms with E-state index in [0.717, 1.165) is 0 Å². The number of rotatable bonds is 2. The van der Waals surface area contributed by atoms with Crippen LogP contribution in [0.15, 0.2) is 60.7 Å². The number of hydrogen-bond donors (Lipinski definition) is 3. The predicted molar refractivity (Wildman–Crippen MR) is 72.9 cm³/mol. The molecule has 0 aliphatic carbocycles. The maximum atomic E-state index is 10.2. The second-order valence-electron chi connectivity index (χ2n) is 3.65. The second kappa shape index (κ2) is 5.57. The van der Waals surface area contributed by atoms with Crippen LogP contribution in [0.4, 0.5) is 0 Å². The van der Waals surface area contributed by atoms with E-state index in [1.165, 1.54) is 24.3 Å². The van der Waals surface area contributed by atoms with Gasteiger partial charge in [0.1, 0.15) is 0 Å². The molecule has 0 aliphatic rings. The van der Waals surface area contributed by atoms with Crippen LogP contribution in [0.2, 0.25) is 0 Å². The Morgan fingerprint density at radius 2 is 0.882 bits per heavy atom. The van der Waals surface area contributed by atoms with Crippen molar-refractivity contribution in [3.63, 3.8) is 0 Å². The summed E-state index contributed by atoms with van der Waals surface area (Å²) in [5.41, 5.74) is 0. The van der Waals surface area contributed by atoms with Crippen LogP contribution in [0.25, 0.3) is 0 Å². The topological polar surface area (TPSA) is 60.7 Å². The van der Waals surface area contributed by atoms with E-state index in [1.807, 2.05) is 0 Å². The van der Waals surface area contributed by atoms with Crippen LogP contribution < -0.4 is 10.6 Å². The van der Waals surface area contributed by atoms with E-state index in [9.17, 15) is 14.7 Å². The summed E-state index contributed by atoms with van der Waals surface area (Å²) in [7, 11) is -4.93. The monoisotopic (exact) mass is 276 g/mol. The van der Waals surface area contributed by atoms with Gasteiger partial charge < -0.3 is 0 Å². The zero-order valence-electron chi connectivity index (χ0n) is 8.56. The Morgan fingerprint density at radius 3 is 1.18 bits per heavy atom. The molecule has 2 aromatic carbocycles. The van der Waals surface area contributed by atoms with E-state index in [2.05, 4.69) is 0 Å². The van der Waals surface area contributed by atoms with Gasteiger partial charge in [0, 0.05) is 0 Å². The van der Waals surface area contributed by atoms with Crippen molar-refractivity contribution >= 4 is 69.3 Å². The van der Waals surface area contributed by atoms with Crippen molar-refractivity contribution in [1.82, 2.24) is 0 Å². The van der Waals surface area contributed by atoms with E-state index in [-0.39, 0.29) is 62.0 Å². The van der Waals surface area contributed by atoms with Gasteiger partial charge in [0.25, 0.3) is 0 Å². The standard InChI is InChI=1S/C12H13O3P.K.H/c13-16(14,15,11-7-3-1-4-8-11)12-9-5-2-6-10-12;;/h1-10,13-15H;;. The van der Waals surface area contributed by atoms with Crippen LogP contribution in [0, 0.1) is 0 Å². The first kappa shape index (κ1) is 15.4. The van der Waals surface area contributed by atoms with E-state index in [1.54, 1.807) is 36.4 Å². The molecule has 0 unspecified atom stereocenters. The average Bonchev–Trinajstić information content (AvgIpc) is 2.31. The quantitative estimate of drug-likeness (QED) is 0.545. The molecule has 0 spiro atoms. The molecule has 2 aromatic rings.